The molecule has 0 fully saturated rings. The second kappa shape index (κ2) is 2.60. The van der Waals surface area contributed by atoms with Gasteiger partial charge in [-0.25, -0.2) is 4.39 Å². The van der Waals surface area contributed by atoms with Gasteiger partial charge in [0, 0.05) is 18.1 Å². The van der Waals surface area contributed by atoms with Gasteiger partial charge in [0.2, 0.25) is 0 Å². The number of H-pyrrole nitrogens is 1. The Hall–Kier alpha value is -1.35. The number of aromatic nitrogens is 1. The number of hydrogen-bond donors (Lipinski definition) is 2. The number of hydrogen-bond acceptors (Lipinski definition) is 1. The third-order valence-electron chi connectivity index (χ3n) is 1.97. The maximum atomic E-state index is 13.1. The normalized spacial score (nSPS) is 10.8. The summed E-state index contributed by atoms with van der Waals surface area (Å²) in [4.78, 5) is 2.85. The van der Waals surface area contributed by atoms with E-state index >= 15 is 0 Å². The van der Waals surface area contributed by atoms with Crippen molar-refractivity contribution in [1.29, 1.82) is 0 Å². The number of halogens is 1. The molecule has 2 rings (SSSR count). The van der Waals surface area contributed by atoms with E-state index in [9.17, 15) is 4.39 Å². The molecule has 3 heteroatoms. The van der Waals surface area contributed by atoms with E-state index in [1.807, 2.05) is 6.07 Å². The van der Waals surface area contributed by atoms with E-state index in [2.05, 4.69) is 4.98 Å². The second-order valence-corrected chi connectivity index (χ2v) is 2.68. The van der Waals surface area contributed by atoms with Crippen LogP contribution in [0.4, 0.5) is 4.39 Å². The molecule has 2 nitrogen and oxygen atoms in total. The van der Waals surface area contributed by atoms with E-state index in [1.54, 1.807) is 12.3 Å². The Labute approximate surface area is 69.2 Å². The molecule has 0 atom stereocenters. The second-order valence-electron chi connectivity index (χ2n) is 2.68. The first-order valence-corrected chi connectivity index (χ1v) is 3.77. The topological polar surface area (TPSA) is 41.8 Å². The first kappa shape index (κ1) is 7.31. The van der Waals surface area contributed by atoms with Gasteiger partial charge in [-0.3, -0.25) is 0 Å². The van der Waals surface area contributed by atoms with Crippen LogP contribution in [0.25, 0.3) is 10.9 Å². The number of fused-ring (bicyclic) bond motifs is 1. The molecule has 2 aromatic rings. The predicted octanol–water partition coefficient (Wildman–Crippen LogP) is 1.77. The van der Waals surface area contributed by atoms with Crippen LogP contribution < -0.4 is 5.73 Å². The van der Waals surface area contributed by atoms with Crippen molar-refractivity contribution in [1.82, 2.24) is 4.98 Å². The summed E-state index contributed by atoms with van der Waals surface area (Å²) in [6.45, 7) is 0.434. The third kappa shape index (κ3) is 0.905. The molecule has 0 bridgehead atoms. The summed E-state index contributed by atoms with van der Waals surface area (Å²) >= 11 is 0. The molecular weight excluding hydrogens is 155 g/mol. The predicted molar refractivity (Wildman–Crippen MR) is 46.1 cm³/mol. The molecule has 0 aliphatic carbocycles. The molecule has 0 unspecified atom stereocenters. The van der Waals surface area contributed by atoms with Crippen LogP contribution in [-0.2, 0) is 6.54 Å². The Morgan fingerprint density at radius 3 is 3.00 bits per heavy atom. The first-order chi connectivity index (χ1) is 5.83. The van der Waals surface area contributed by atoms with Crippen LogP contribution >= 0.6 is 0 Å². The van der Waals surface area contributed by atoms with Gasteiger partial charge in [0.1, 0.15) is 5.82 Å². The van der Waals surface area contributed by atoms with Crippen molar-refractivity contribution in [3.05, 3.63) is 35.8 Å². The molecule has 1 heterocycles. The molecule has 3 N–H and O–H groups in total. The highest BCUT2D eigenvalue weighted by molar-refractivity contribution is 5.83. The lowest BCUT2D eigenvalue weighted by atomic mass is 10.2. The van der Waals surface area contributed by atoms with Gasteiger partial charge in [-0.2, -0.15) is 0 Å². The molecule has 0 saturated carbocycles. The Morgan fingerprint density at radius 2 is 2.25 bits per heavy atom. The van der Waals surface area contributed by atoms with Crippen molar-refractivity contribution in [3.8, 4) is 0 Å². The standard InChI is InChI=1S/C9H9FN2/c10-8-3-1-2-7-6(4-11)5-12-9(7)8/h1-3,5,12H,4,11H2. The van der Waals surface area contributed by atoms with E-state index in [0.717, 1.165) is 10.9 Å². The van der Waals surface area contributed by atoms with Crippen molar-refractivity contribution in [3.63, 3.8) is 0 Å². The number of aromatic amines is 1. The van der Waals surface area contributed by atoms with Crippen LogP contribution in [0.15, 0.2) is 24.4 Å². The highest BCUT2D eigenvalue weighted by atomic mass is 19.1. The van der Waals surface area contributed by atoms with Gasteiger partial charge < -0.3 is 10.7 Å². The highest BCUT2D eigenvalue weighted by Gasteiger charge is 2.04. The molecule has 1 aromatic heterocycles. The van der Waals surface area contributed by atoms with E-state index in [0.29, 0.717) is 12.1 Å². The van der Waals surface area contributed by atoms with E-state index in [1.165, 1.54) is 6.07 Å². The molecule has 0 aliphatic rings. The summed E-state index contributed by atoms with van der Waals surface area (Å²) < 4.78 is 13.1. The minimum absolute atomic E-state index is 0.229. The largest absolute Gasteiger partial charge is 0.358 e. The van der Waals surface area contributed by atoms with E-state index in [-0.39, 0.29) is 5.82 Å². The molecule has 0 radical (unpaired) electrons. The van der Waals surface area contributed by atoms with E-state index in [4.69, 9.17) is 5.73 Å². The Kier molecular flexibility index (Phi) is 1.59. The minimum Gasteiger partial charge on any atom is -0.358 e. The zero-order valence-corrected chi connectivity index (χ0v) is 6.47. The third-order valence-corrected chi connectivity index (χ3v) is 1.97. The molecule has 1 aromatic carbocycles. The summed E-state index contributed by atoms with van der Waals surface area (Å²) in [5.74, 6) is -0.229. The van der Waals surface area contributed by atoms with Crippen LogP contribution in [0.2, 0.25) is 0 Å². The average Bonchev–Trinajstić information content (AvgIpc) is 2.49. The van der Waals surface area contributed by atoms with E-state index < -0.39 is 0 Å². The van der Waals surface area contributed by atoms with Gasteiger partial charge in [0.05, 0.1) is 5.52 Å². The summed E-state index contributed by atoms with van der Waals surface area (Å²) in [6.07, 6.45) is 1.74. The summed E-state index contributed by atoms with van der Waals surface area (Å²) in [5, 5.41) is 0.873. The number of nitrogens with one attached hydrogen (secondary N) is 1. The van der Waals surface area contributed by atoms with Crippen LogP contribution in [0.3, 0.4) is 0 Å². The van der Waals surface area contributed by atoms with Crippen LogP contribution in [0.5, 0.6) is 0 Å². The fraction of sp³-hybridized carbons (Fsp3) is 0.111. The maximum absolute atomic E-state index is 13.1. The smallest absolute Gasteiger partial charge is 0.147 e. The van der Waals surface area contributed by atoms with Crippen molar-refractivity contribution in [2.75, 3.05) is 0 Å². The van der Waals surface area contributed by atoms with Gasteiger partial charge in [-0.15, -0.1) is 0 Å². The SMILES string of the molecule is NCc1c[nH]c2c(F)cccc12. The molecule has 0 amide bonds. The maximum Gasteiger partial charge on any atom is 0.147 e. The number of para-hydroxylation sites is 1. The van der Waals surface area contributed by atoms with Gasteiger partial charge in [0.15, 0.2) is 0 Å². The van der Waals surface area contributed by atoms with Crippen molar-refractivity contribution in [2.24, 2.45) is 5.73 Å². The number of nitrogens with two attached hydrogens (primary N) is 1. The fourth-order valence-corrected chi connectivity index (χ4v) is 1.34. The van der Waals surface area contributed by atoms with Gasteiger partial charge in [0.25, 0.3) is 0 Å². The monoisotopic (exact) mass is 164 g/mol. The Balaban J connectivity index is 2.80. The summed E-state index contributed by atoms with van der Waals surface area (Å²) in [5.41, 5.74) is 6.96. The molecule has 0 spiro atoms. The van der Waals surface area contributed by atoms with Gasteiger partial charge >= 0.3 is 0 Å². The van der Waals surface area contributed by atoms with Gasteiger partial charge in [-0.05, 0) is 11.6 Å². The molecule has 0 saturated heterocycles. The lowest BCUT2D eigenvalue weighted by Crippen LogP contribution is -1.93. The van der Waals surface area contributed by atoms with Crippen LogP contribution in [-0.4, -0.2) is 4.98 Å². The number of benzene rings is 1. The van der Waals surface area contributed by atoms with Crippen molar-refractivity contribution in [2.45, 2.75) is 6.54 Å². The zero-order valence-electron chi connectivity index (χ0n) is 6.47. The molecule has 62 valence electrons. The Bertz CT molecular complexity index is 406. The summed E-state index contributed by atoms with van der Waals surface area (Å²) in [7, 11) is 0. The highest BCUT2D eigenvalue weighted by Crippen LogP contribution is 2.19. The van der Waals surface area contributed by atoms with Crippen molar-refractivity contribution >= 4 is 10.9 Å². The lowest BCUT2D eigenvalue weighted by Gasteiger charge is -1.93. The van der Waals surface area contributed by atoms with Crippen molar-refractivity contribution < 1.29 is 4.39 Å². The van der Waals surface area contributed by atoms with Gasteiger partial charge in [-0.1, -0.05) is 12.1 Å². The average molecular weight is 164 g/mol. The zero-order chi connectivity index (χ0) is 8.55. The minimum atomic E-state index is -0.229. The first-order valence-electron chi connectivity index (χ1n) is 3.77. The number of rotatable bonds is 1. The summed E-state index contributed by atoms with van der Waals surface area (Å²) in [6, 6.07) is 4.97. The molecule has 0 aliphatic heterocycles. The molecule has 12 heavy (non-hydrogen) atoms. The lowest BCUT2D eigenvalue weighted by molar-refractivity contribution is 0.637. The molecular formula is C9H9FN2. The Morgan fingerprint density at radius 1 is 1.42 bits per heavy atom. The van der Waals surface area contributed by atoms with Crippen LogP contribution in [0, 0.1) is 5.82 Å². The quantitative estimate of drug-likeness (QED) is 0.662. The fourth-order valence-electron chi connectivity index (χ4n) is 1.34. The van der Waals surface area contributed by atoms with Crippen LogP contribution in [0.1, 0.15) is 5.56 Å².